The number of esters is 1. The normalized spacial score (nSPS) is 30.3. The van der Waals surface area contributed by atoms with Crippen LogP contribution in [0, 0.1) is 12.3 Å². The standard InChI is InChI=1S/C31H30N2O3/c1-3-20-11-13-21(14-12-20)27-25-9-6-16-33(25)31(23-7-4-5-8-24(23)32-28(31)34)30(27)18-22-17-19(2)10-15-26(22)36-29(30)35/h4-5,7-8,10-15,17,25,27H,3,6,9,16,18H2,1-2H3,(H,32,34)/t25-,27-,30-,31-/m1/s1. The first-order valence-corrected chi connectivity index (χ1v) is 13.1. The van der Waals surface area contributed by atoms with Crippen molar-refractivity contribution < 1.29 is 14.3 Å². The highest BCUT2D eigenvalue weighted by atomic mass is 16.5. The fourth-order valence-electron chi connectivity index (χ4n) is 7.83. The minimum absolute atomic E-state index is 0.0771. The smallest absolute Gasteiger partial charge is 0.321 e. The molecule has 36 heavy (non-hydrogen) atoms. The van der Waals surface area contributed by atoms with E-state index in [0.717, 1.165) is 53.7 Å². The highest BCUT2D eigenvalue weighted by Gasteiger charge is 2.79. The number of anilines is 1. The van der Waals surface area contributed by atoms with Crippen LogP contribution in [-0.4, -0.2) is 29.4 Å². The van der Waals surface area contributed by atoms with Crippen LogP contribution in [0.15, 0.2) is 66.7 Å². The third-order valence-corrected chi connectivity index (χ3v) is 9.18. The van der Waals surface area contributed by atoms with E-state index in [0.29, 0.717) is 12.2 Å². The number of aryl methyl sites for hydroxylation is 2. The maximum absolute atomic E-state index is 14.5. The third kappa shape index (κ3) is 2.54. The van der Waals surface area contributed by atoms with E-state index in [-0.39, 0.29) is 23.8 Å². The van der Waals surface area contributed by atoms with Crippen molar-refractivity contribution in [1.82, 2.24) is 4.90 Å². The molecular weight excluding hydrogens is 448 g/mol. The first-order valence-electron chi connectivity index (χ1n) is 13.1. The molecule has 0 radical (unpaired) electrons. The molecule has 182 valence electrons. The highest BCUT2D eigenvalue weighted by molar-refractivity contribution is 6.11. The van der Waals surface area contributed by atoms with Gasteiger partial charge in [-0.05, 0) is 68.0 Å². The van der Waals surface area contributed by atoms with Crippen molar-refractivity contribution in [2.45, 2.75) is 57.0 Å². The number of nitrogens with zero attached hydrogens (tertiary/aromatic N) is 1. The monoisotopic (exact) mass is 478 g/mol. The zero-order chi connectivity index (χ0) is 24.7. The molecule has 2 fully saturated rings. The van der Waals surface area contributed by atoms with Gasteiger partial charge in [-0.15, -0.1) is 0 Å². The summed E-state index contributed by atoms with van der Waals surface area (Å²) in [4.78, 5) is 31.2. The quantitative estimate of drug-likeness (QED) is 0.411. The van der Waals surface area contributed by atoms with E-state index in [4.69, 9.17) is 4.74 Å². The zero-order valence-corrected chi connectivity index (χ0v) is 20.7. The number of fused-ring (bicyclic) bond motifs is 6. The van der Waals surface area contributed by atoms with E-state index in [2.05, 4.69) is 54.4 Å². The first-order chi connectivity index (χ1) is 17.5. The number of para-hydroxylation sites is 1. The number of amides is 1. The molecule has 5 nitrogen and oxygen atoms in total. The van der Waals surface area contributed by atoms with Gasteiger partial charge in [0.2, 0.25) is 0 Å². The Morgan fingerprint density at radius 1 is 1.06 bits per heavy atom. The van der Waals surface area contributed by atoms with Crippen LogP contribution in [0.4, 0.5) is 5.69 Å². The Morgan fingerprint density at radius 2 is 1.86 bits per heavy atom. The Morgan fingerprint density at radius 3 is 2.67 bits per heavy atom. The summed E-state index contributed by atoms with van der Waals surface area (Å²) in [5.41, 5.74) is 4.02. The Hall–Kier alpha value is -3.44. The highest BCUT2D eigenvalue weighted by Crippen LogP contribution is 2.69. The molecule has 1 amide bonds. The predicted octanol–water partition coefficient (Wildman–Crippen LogP) is 5.11. The third-order valence-electron chi connectivity index (χ3n) is 9.18. The van der Waals surface area contributed by atoms with Gasteiger partial charge in [0.1, 0.15) is 16.7 Å². The Labute approximate surface area is 211 Å². The molecule has 3 aromatic carbocycles. The van der Waals surface area contributed by atoms with Crippen LogP contribution in [0.3, 0.4) is 0 Å². The van der Waals surface area contributed by atoms with E-state index in [9.17, 15) is 9.59 Å². The Bertz CT molecular complexity index is 1410. The summed E-state index contributed by atoms with van der Waals surface area (Å²) in [5, 5.41) is 3.17. The molecule has 2 saturated heterocycles. The van der Waals surface area contributed by atoms with Crippen molar-refractivity contribution in [2.75, 3.05) is 11.9 Å². The lowest BCUT2D eigenvalue weighted by molar-refractivity contribution is -0.160. The fourth-order valence-corrected chi connectivity index (χ4v) is 7.83. The summed E-state index contributed by atoms with van der Waals surface area (Å²) in [6.45, 7) is 4.99. The molecule has 2 spiro atoms. The minimum Gasteiger partial charge on any atom is -0.426 e. The summed E-state index contributed by atoms with van der Waals surface area (Å²) in [6.07, 6.45) is 3.39. The van der Waals surface area contributed by atoms with Gasteiger partial charge in [-0.3, -0.25) is 14.5 Å². The van der Waals surface area contributed by atoms with Crippen molar-refractivity contribution in [2.24, 2.45) is 5.41 Å². The van der Waals surface area contributed by atoms with Gasteiger partial charge in [0.25, 0.3) is 5.91 Å². The second kappa shape index (κ2) is 7.53. The number of hydrogen-bond donors (Lipinski definition) is 1. The molecule has 0 unspecified atom stereocenters. The molecule has 4 aliphatic rings. The number of hydrogen-bond acceptors (Lipinski definition) is 4. The van der Waals surface area contributed by atoms with Crippen molar-refractivity contribution in [3.05, 3.63) is 94.5 Å². The van der Waals surface area contributed by atoms with Gasteiger partial charge < -0.3 is 10.1 Å². The van der Waals surface area contributed by atoms with Crippen LogP contribution in [-0.2, 0) is 28.0 Å². The van der Waals surface area contributed by atoms with Crippen LogP contribution >= 0.6 is 0 Å². The molecule has 4 heterocycles. The lowest BCUT2D eigenvalue weighted by Crippen LogP contribution is -2.62. The van der Waals surface area contributed by atoms with Crippen LogP contribution < -0.4 is 10.1 Å². The zero-order valence-electron chi connectivity index (χ0n) is 20.7. The van der Waals surface area contributed by atoms with Crippen molar-refractivity contribution in [3.8, 4) is 5.75 Å². The summed E-state index contributed by atoms with van der Waals surface area (Å²) in [5.74, 6) is 0.0650. The molecular formula is C31H30N2O3. The van der Waals surface area contributed by atoms with E-state index in [1.807, 2.05) is 36.4 Å². The second-order valence-corrected chi connectivity index (χ2v) is 10.8. The molecule has 3 aromatic rings. The summed E-state index contributed by atoms with van der Waals surface area (Å²) < 4.78 is 6.19. The van der Waals surface area contributed by atoms with E-state index < -0.39 is 11.0 Å². The molecule has 1 N–H and O–H groups in total. The minimum atomic E-state index is -1.11. The van der Waals surface area contributed by atoms with Gasteiger partial charge >= 0.3 is 5.97 Å². The van der Waals surface area contributed by atoms with Gasteiger partial charge in [-0.1, -0.05) is 67.1 Å². The SMILES string of the molecule is CCc1ccc([C@@H]2[C@H]3CCCN3[C@]3(C(=O)Nc4ccccc43)[C@]23Cc2cc(C)ccc2OC3=O)cc1. The molecule has 0 bridgehead atoms. The Kier molecular flexibility index (Phi) is 4.56. The largest absolute Gasteiger partial charge is 0.426 e. The number of carbonyl (C=O) groups excluding carboxylic acids is 2. The second-order valence-electron chi connectivity index (χ2n) is 10.8. The number of rotatable bonds is 2. The average Bonchev–Trinajstić information content (AvgIpc) is 3.53. The molecule has 7 rings (SSSR count). The summed E-state index contributed by atoms with van der Waals surface area (Å²) in [6, 6.07) is 22.7. The number of nitrogens with one attached hydrogen (secondary N) is 1. The van der Waals surface area contributed by atoms with Crippen molar-refractivity contribution in [3.63, 3.8) is 0 Å². The van der Waals surface area contributed by atoms with Crippen LogP contribution in [0.2, 0.25) is 0 Å². The molecule has 0 aliphatic carbocycles. The van der Waals surface area contributed by atoms with Gasteiger partial charge in [0.15, 0.2) is 0 Å². The lowest BCUT2D eigenvalue weighted by Gasteiger charge is -2.47. The predicted molar refractivity (Wildman–Crippen MR) is 138 cm³/mol. The van der Waals surface area contributed by atoms with Gasteiger partial charge in [-0.25, -0.2) is 0 Å². The van der Waals surface area contributed by atoms with Gasteiger partial charge in [0.05, 0.1) is 0 Å². The number of ether oxygens (including phenoxy) is 1. The van der Waals surface area contributed by atoms with Crippen molar-refractivity contribution in [1.29, 1.82) is 0 Å². The fraction of sp³-hybridized carbons (Fsp3) is 0.355. The van der Waals surface area contributed by atoms with Gasteiger partial charge in [0, 0.05) is 23.2 Å². The van der Waals surface area contributed by atoms with Crippen LogP contribution in [0.1, 0.15) is 53.5 Å². The first kappa shape index (κ1) is 21.8. The number of benzene rings is 3. The van der Waals surface area contributed by atoms with Crippen LogP contribution in [0.25, 0.3) is 0 Å². The maximum atomic E-state index is 14.5. The van der Waals surface area contributed by atoms with E-state index in [1.165, 1.54) is 5.56 Å². The Balaban J connectivity index is 1.55. The van der Waals surface area contributed by atoms with E-state index in [1.54, 1.807) is 0 Å². The van der Waals surface area contributed by atoms with Gasteiger partial charge in [-0.2, -0.15) is 0 Å². The number of carbonyl (C=O) groups is 2. The summed E-state index contributed by atoms with van der Waals surface area (Å²) in [7, 11) is 0. The maximum Gasteiger partial charge on any atom is 0.321 e. The van der Waals surface area contributed by atoms with Crippen LogP contribution in [0.5, 0.6) is 5.75 Å². The average molecular weight is 479 g/mol. The lowest BCUT2D eigenvalue weighted by atomic mass is 9.56. The van der Waals surface area contributed by atoms with Crippen molar-refractivity contribution >= 4 is 17.6 Å². The molecule has 0 saturated carbocycles. The topological polar surface area (TPSA) is 58.6 Å². The summed E-state index contributed by atoms with van der Waals surface area (Å²) >= 11 is 0. The molecule has 5 heteroatoms. The molecule has 4 atom stereocenters. The molecule has 4 aliphatic heterocycles. The van der Waals surface area contributed by atoms with E-state index >= 15 is 0 Å². The molecule has 0 aromatic heterocycles.